The molecule has 0 saturated carbocycles. The predicted octanol–water partition coefficient (Wildman–Crippen LogP) is -4.15. The Morgan fingerprint density at radius 3 is 1.89 bits per heavy atom. The predicted molar refractivity (Wildman–Crippen MR) is 62.2 cm³/mol. The zero-order valence-electron chi connectivity index (χ0n) is 10.4. The molecule has 0 bridgehead atoms. The number of rotatable bonds is 9. The molecule has 0 spiro atoms. The lowest BCUT2D eigenvalue weighted by atomic mass is 10.0. The Morgan fingerprint density at radius 1 is 1.05 bits per heavy atom. The number of aliphatic hydroxyl groups is 6. The Balaban J connectivity index is 4.36. The molecule has 0 rings (SSSR count). The van der Waals surface area contributed by atoms with E-state index >= 15 is 0 Å². The van der Waals surface area contributed by atoms with Crippen molar-refractivity contribution < 1.29 is 40.5 Å². The molecule has 0 heterocycles. The van der Waals surface area contributed by atoms with E-state index in [1.165, 1.54) is 6.92 Å². The lowest BCUT2D eigenvalue weighted by Gasteiger charge is -2.27. The van der Waals surface area contributed by atoms with Crippen LogP contribution in [0.2, 0.25) is 0 Å². The largest absolute Gasteiger partial charge is 0.480 e. The van der Waals surface area contributed by atoms with Crippen LogP contribution in [0.1, 0.15) is 6.92 Å². The summed E-state index contributed by atoms with van der Waals surface area (Å²) in [7, 11) is 0. The van der Waals surface area contributed by atoms with Crippen LogP contribution in [-0.2, 0) is 4.79 Å². The highest BCUT2D eigenvalue weighted by molar-refractivity contribution is 5.74. The summed E-state index contributed by atoms with van der Waals surface area (Å²) in [5.41, 5.74) is 0. The zero-order valence-corrected chi connectivity index (χ0v) is 10.4. The summed E-state index contributed by atoms with van der Waals surface area (Å²) in [5, 5.41) is 66.1. The Morgan fingerprint density at radius 2 is 1.53 bits per heavy atom. The van der Waals surface area contributed by atoms with E-state index in [9.17, 15) is 20.1 Å². The van der Waals surface area contributed by atoms with Crippen molar-refractivity contribution in [2.24, 2.45) is 0 Å². The van der Waals surface area contributed by atoms with Crippen molar-refractivity contribution >= 4 is 5.97 Å². The minimum atomic E-state index is -1.78. The van der Waals surface area contributed by atoms with Crippen LogP contribution >= 0.6 is 0 Å². The van der Waals surface area contributed by atoms with E-state index in [4.69, 9.17) is 20.4 Å². The second-order valence-corrected chi connectivity index (χ2v) is 4.26. The molecule has 0 aliphatic carbocycles. The van der Waals surface area contributed by atoms with Gasteiger partial charge in [-0.15, -0.1) is 0 Å². The normalized spacial score (nSPS) is 21.2. The summed E-state index contributed by atoms with van der Waals surface area (Å²) >= 11 is 0. The fraction of sp³-hybridized carbons (Fsp3) is 0.900. The smallest absolute Gasteiger partial charge is 0.323 e. The Labute approximate surface area is 109 Å². The number of hydrogen-bond acceptors (Lipinski definition) is 8. The van der Waals surface area contributed by atoms with Gasteiger partial charge in [-0.1, -0.05) is 0 Å². The molecule has 6 atom stereocenters. The summed E-state index contributed by atoms with van der Waals surface area (Å²) in [6, 6.07) is -1.35. The van der Waals surface area contributed by atoms with Crippen molar-refractivity contribution in [3.8, 4) is 0 Å². The number of nitrogens with one attached hydrogen (secondary N) is 1. The quantitative estimate of drug-likeness (QED) is 0.209. The van der Waals surface area contributed by atoms with E-state index in [1.807, 2.05) is 0 Å². The van der Waals surface area contributed by atoms with Gasteiger partial charge in [0, 0.05) is 6.54 Å². The molecule has 0 fully saturated rings. The molecule has 0 aromatic carbocycles. The summed E-state index contributed by atoms with van der Waals surface area (Å²) < 4.78 is 0. The average molecular weight is 283 g/mol. The number of carboxylic acid groups (broad SMARTS) is 1. The number of carbonyl (C=O) groups is 1. The maximum atomic E-state index is 10.7. The van der Waals surface area contributed by atoms with Gasteiger partial charge in [0.1, 0.15) is 24.4 Å². The first-order valence-corrected chi connectivity index (χ1v) is 5.69. The third-order valence-electron chi connectivity index (χ3n) is 2.62. The van der Waals surface area contributed by atoms with Gasteiger partial charge in [0.15, 0.2) is 0 Å². The highest BCUT2D eigenvalue weighted by Crippen LogP contribution is 2.05. The third kappa shape index (κ3) is 5.78. The van der Waals surface area contributed by atoms with Gasteiger partial charge in [0.25, 0.3) is 0 Å². The molecule has 9 nitrogen and oxygen atoms in total. The van der Waals surface area contributed by atoms with Gasteiger partial charge in [0.05, 0.1) is 18.8 Å². The first-order chi connectivity index (χ1) is 8.72. The van der Waals surface area contributed by atoms with E-state index in [0.717, 1.165) is 0 Å². The van der Waals surface area contributed by atoms with E-state index < -0.39 is 55.7 Å². The molecule has 0 aliphatic heterocycles. The lowest BCUT2D eigenvalue weighted by molar-refractivity contribution is -0.143. The second-order valence-electron chi connectivity index (χ2n) is 4.26. The Bertz CT molecular complexity index is 274. The highest BCUT2D eigenvalue weighted by Gasteiger charge is 2.31. The van der Waals surface area contributed by atoms with Crippen molar-refractivity contribution in [2.45, 2.75) is 43.5 Å². The van der Waals surface area contributed by atoms with Gasteiger partial charge in [-0.05, 0) is 6.92 Å². The summed E-state index contributed by atoms with van der Waals surface area (Å²) in [6.45, 7) is 0.000992. The van der Waals surface area contributed by atoms with E-state index in [-0.39, 0.29) is 0 Å². The van der Waals surface area contributed by atoms with Gasteiger partial charge < -0.3 is 35.7 Å². The molecule has 114 valence electrons. The first kappa shape index (κ1) is 18.2. The molecule has 0 aromatic rings. The van der Waals surface area contributed by atoms with Crippen molar-refractivity contribution in [3.63, 3.8) is 0 Å². The lowest BCUT2D eigenvalue weighted by Crippen LogP contribution is -2.53. The van der Waals surface area contributed by atoms with Crippen LogP contribution in [0.5, 0.6) is 0 Å². The summed E-state index contributed by atoms with van der Waals surface area (Å²) in [6.07, 6.45) is -8.00. The molecule has 8 N–H and O–H groups in total. The van der Waals surface area contributed by atoms with Gasteiger partial charge in [-0.25, -0.2) is 0 Å². The third-order valence-corrected chi connectivity index (χ3v) is 2.62. The minimum Gasteiger partial charge on any atom is -0.480 e. The molecule has 0 aliphatic rings. The maximum Gasteiger partial charge on any atom is 0.323 e. The van der Waals surface area contributed by atoms with Crippen LogP contribution in [0, 0.1) is 0 Å². The minimum absolute atomic E-state index is 0.432. The molecule has 0 saturated heterocycles. The number of carboxylic acids is 1. The molecular formula is C10H21NO8. The number of aliphatic carboxylic acids is 1. The molecule has 5 unspecified atom stereocenters. The molecule has 9 heteroatoms. The van der Waals surface area contributed by atoms with Crippen molar-refractivity contribution in [1.82, 2.24) is 5.32 Å². The standard InChI is InChI=1S/C10H21NO8/c1-4(13)7(10(18)19)11-2-5(14)8(16)9(17)6(15)3-12/h4-9,11-17H,2-3H2,1H3,(H,18,19)/t4?,5?,6?,7-,8?,9?/m0/s1. The van der Waals surface area contributed by atoms with Gasteiger partial charge in [-0.3, -0.25) is 10.1 Å². The molecular weight excluding hydrogens is 262 g/mol. The van der Waals surface area contributed by atoms with E-state index in [2.05, 4.69) is 5.32 Å². The van der Waals surface area contributed by atoms with E-state index in [0.29, 0.717) is 0 Å². The molecule has 0 aromatic heterocycles. The van der Waals surface area contributed by atoms with Crippen LogP contribution in [0.15, 0.2) is 0 Å². The fourth-order valence-corrected chi connectivity index (χ4v) is 1.40. The number of hydrogen-bond donors (Lipinski definition) is 8. The molecule has 0 radical (unpaired) electrons. The van der Waals surface area contributed by atoms with Crippen LogP contribution in [0.3, 0.4) is 0 Å². The monoisotopic (exact) mass is 283 g/mol. The van der Waals surface area contributed by atoms with Crippen LogP contribution in [0.25, 0.3) is 0 Å². The molecule has 19 heavy (non-hydrogen) atoms. The van der Waals surface area contributed by atoms with Gasteiger partial charge >= 0.3 is 5.97 Å². The average Bonchev–Trinajstić information content (AvgIpc) is 2.34. The summed E-state index contributed by atoms with van der Waals surface area (Å²) in [4.78, 5) is 10.7. The van der Waals surface area contributed by atoms with Crippen molar-refractivity contribution in [3.05, 3.63) is 0 Å². The van der Waals surface area contributed by atoms with Crippen LogP contribution in [-0.4, -0.2) is 91.4 Å². The fourth-order valence-electron chi connectivity index (χ4n) is 1.40. The van der Waals surface area contributed by atoms with Gasteiger partial charge in [-0.2, -0.15) is 0 Å². The number of aliphatic hydroxyl groups excluding tert-OH is 6. The second kappa shape index (κ2) is 8.38. The highest BCUT2D eigenvalue weighted by atomic mass is 16.4. The van der Waals surface area contributed by atoms with E-state index in [1.54, 1.807) is 0 Å². The van der Waals surface area contributed by atoms with Crippen LogP contribution < -0.4 is 5.32 Å². The van der Waals surface area contributed by atoms with Gasteiger partial charge in [0.2, 0.25) is 0 Å². The van der Waals surface area contributed by atoms with Crippen molar-refractivity contribution in [2.75, 3.05) is 13.2 Å². The maximum absolute atomic E-state index is 10.7. The van der Waals surface area contributed by atoms with Crippen LogP contribution in [0.4, 0.5) is 0 Å². The topological polar surface area (TPSA) is 171 Å². The molecule has 0 amide bonds. The Hall–Kier alpha value is -0.810. The summed E-state index contributed by atoms with van der Waals surface area (Å²) in [5.74, 6) is -1.34. The van der Waals surface area contributed by atoms with Crippen molar-refractivity contribution in [1.29, 1.82) is 0 Å². The Kier molecular flexibility index (Phi) is 8.02. The SMILES string of the molecule is CC(O)[C@H](NCC(O)C(O)C(O)C(O)CO)C(=O)O. The zero-order chi connectivity index (χ0) is 15.2. The first-order valence-electron chi connectivity index (χ1n) is 5.69.